The van der Waals surface area contributed by atoms with Gasteiger partial charge in [-0.2, -0.15) is 0 Å². The number of ether oxygens (including phenoxy) is 1. The largest absolute Gasteiger partial charge is 0.379 e. The second-order valence-corrected chi connectivity index (χ2v) is 6.15. The van der Waals surface area contributed by atoms with Crippen LogP contribution in [0.4, 0.5) is 4.79 Å². The Balaban J connectivity index is 1.72. The quantitative estimate of drug-likeness (QED) is 0.760. The first-order valence-corrected chi connectivity index (χ1v) is 7.58. The molecule has 0 bridgehead atoms. The first-order chi connectivity index (χ1) is 9.63. The van der Waals surface area contributed by atoms with Gasteiger partial charge in [0.05, 0.1) is 19.9 Å². The zero-order valence-electron chi connectivity index (χ0n) is 12.1. The van der Waals surface area contributed by atoms with Crippen LogP contribution in [0, 0.1) is 5.92 Å². The van der Waals surface area contributed by atoms with Gasteiger partial charge in [-0.05, 0) is 18.8 Å². The molecule has 6 nitrogen and oxygen atoms in total. The van der Waals surface area contributed by atoms with Gasteiger partial charge in [0.2, 0.25) is 0 Å². The van der Waals surface area contributed by atoms with E-state index in [1.807, 2.05) is 0 Å². The van der Waals surface area contributed by atoms with Crippen LogP contribution in [0.5, 0.6) is 0 Å². The van der Waals surface area contributed by atoms with E-state index in [0.29, 0.717) is 19.9 Å². The molecular weight excluding hydrogens is 258 g/mol. The monoisotopic (exact) mass is 281 g/mol. The number of imide groups is 1. The summed E-state index contributed by atoms with van der Waals surface area (Å²) in [6, 6.07) is -0.227. The van der Waals surface area contributed by atoms with Crippen LogP contribution >= 0.6 is 0 Å². The SMILES string of the molecule is CC1CCCCC12NC(=O)N(CN1CCOCC1)C2=O. The predicted molar refractivity (Wildman–Crippen MR) is 73.0 cm³/mol. The molecule has 0 aromatic carbocycles. The topological polar surface area (TPSA) is 61.9 Å². The molecule has 2 unspecified atom stereocenters. The highest BCUT2D eigenvalue weighted by Gasteiger charge is 2.54. The van der Waals surface area contributed by atoms with Gasteiger partial charge < -0.3 is 10.1 Å². The van der Waals surface area contributed by atoms with Gasteiger partial charge in [-0.15, -0.1) is 0 Å². The number of nitrogens with zero attached hydrogens (tertiary/aromatic N) is 2. The lowest BCUT2D eigenvalue weighted by Crippen LogP contribution is -2.54. The molecular formula is C14H23N3O3. The standard InChI is InChI=1S/C14H23N3O3/c1-11-4-2-3-5-14(11)12(18)17(13(19)15-14)10-16-6-8-20-9-7-16/h11H,2-10H2,1H3,(H,15,19). The molecule has 3 rings (SSSR count). The molecule has 0 aromatic heterocycles. The minimum Gasteiger partial charge on any atom is -0.379 e. The summed E-state index contributed by atoms with van der Waals surface area (Å²) in [5.74, 6) is 0.198. The first kappa shape index (κ1) is 13.8. The van der Waals surface area contributed by atoms with Gasteiger partial charge in [-0.1, -0.05) is 19.8 Å². The third-order valence-electron chi connectivity index (χ3n) is 4.95. The van der Waals surface area contributed by atoms with Crippen molar-refractivity contribution in [2.75, 3.05) is 33.0 Å². The van der Waals surface area contributed by atoms with Crippen molar-refractivity contribution in [3.8, 4) is 0 Å². The van der Waals surface area contributed by atoms with Crippen molar-refractivity contribution in [3.05, 3.63) is 0 Å². The fourth-order valence-corrected chi connectivity index (χ4v) is 3.57. The Morgan fingerprint density at radius 2 is 2.05 bits per heavy atom. The minimum atomic E-state index is -0.637. The van der Waals surface area contributed by atoms with Crippen molar-refractivity contribution in [1.82, 2.24) is 15.1 Å². The molecule has 1 aliphatic carbocycles. The van der Waals surface area contributed by atoms with Crippen molar-refractivity contribution in [1.29, 1.82) is 0 Å². The lowest BCUT2D eigenvalue weighted by atomic mass is 9.73. The Hall–Kier alpha value is -1.14. The lowest BCUT2D eigenvalue weighted by Gasteiger charge is -2.37. The number of morpholine rings is 1. The van der Waals surface area contributed by atoms with Crippen LogP contribution in [0.1, 0.15) is 32.6 Å². The second kappa shape index (κ2) is 5.33. The average molecular weight is 281 g/mol. The van der Waals surface area contributed by atoms with Gasteiger partial charge in [0, 0.05) is 13.1 Å². The molecule has 2 atom stereocenters. The van der Waals surface area contributed by atoms with E-state index in [1.54, 1.807) is 0 Å². The zero-order chi connectivity index (χ0) is 14.2. The number of amides is 3. The smallest absolute Gasteiger partial charge is 0.326 e. The third kappa shape index (κ3) is 2.20. The average Bonchev–Trinajstić information content (AvgIpc) is 2.69. The number of hydrogen-bond donors (Lipinski definition) is 1. The first-order valence-electron chi connectivity index (χ1n) is 7.58. The minimum absolute atomic E-state index is 0.0267. The summed E-state index contributed by atoms with van der Waals surface area (Å²) >= 11 is 0. The van der Waals surface area contributed by atoms with Crippen molar-refractivity contribution in [3.63, 3.8) is 0 Å². The molecule has 0 radical (unpaired) electrons. The van der Waals surface area contributed by atoms with Crippen LogP contribution in [0.2, 0.25) is 0 Å². The van der Waals surface area contributed by atoms with Crippen molar-refractivity contribution >= 4 is 11.9 Å². The summed E-state index contributed by atoms with van der Waals surface area (Å²) < 4.78 is 5.30. The molecule has 1 spiro atoms. The summed E-state index contributed by atoms with van der Waals surface area (Å²) in [4.78, 5) is 28.5. The molecule has 1 N–H and O–H groups in total. The summed E-state index contributed by atoms with van der Waals surface area (Å²) in [5.41, 5.74) is -0.637. The maximum atomic E-state index is 12.8. The number of carbonyl (C=O) groups is 2. The van der Waals surface area contributed by atoms with Crippen molar-refractivity contribution in [2.24, 2.45) is 5.92 Å². The van der Waals surface area contributed by atoms with E-state index in [2.05, 4.69) is 17.1 Å². The number of rotatable bonds is 2. The number of nitrogens with one attached hydrogen (secondary N) is 1. The number of hydrogen-bond acceptors (Lipinski definition) is 4. The molecule has 6 heteroatoms. The lowest BCUT2D eigenvalue weighted by molar-refractivity contribution is -0.136. The molecule has 2 heterocycles. The summed E-state index contributed by atoms with van der Waals surface area (Å²) in [6.45, 7) is 5.37. The molecule has 2 saturated heterocycles. The molecule has 20 heavy (non-hydrogen) atoms. The van der Waals surface area contributed by atoms with Crippen LogP contribution in [0.15, 0.2) is 0 Å². The Morgan fingerprint density at radius 3 is 2.75 bits per heavy atom. The third-order valence-corrected chi connectivity index (χ3v) is 4.95. The van der Waals surface area contributed by atoms with E-state index in [1.165, 1.54) is 4.90 Å². The number of carbonyl (C=O) groups excluding carboxylic acids is 2. The molecule has 3 amide bonds. The summed E-state index contributed by atoms with van der Waals surface area (Å²) in [7, 11) is 0. The molecule has 112 valence electrons. The Labute approximate surface area is 119 Å². The molecule has 1 saturated carbocycles. The van der Waals surface area contributed by atoms with E-state index in [0.717, 1.165) is 38.8 Å². The predicted octanol–water partition coefficient (Wildman–Crippen LogP) is 0.777. The van der Waals surface area contributed by atoms with Crippen LogP contribution in [0.3, 0.4) is 0 Å². The summed E-state index contributed by atoms with van der Waals surface area (Å²) in [6.07, 6.45) is 3.95. The van der Waals surface area contributed by atoms with E-state index < -0.39 is 5.54 Å². The molecule has 0 aromatic rings. The Kier molecular flexibility index (Phi) is 3.69. The van der Waals surface area contributed by atoms with Gasteiger partial charge in [-0.25, -0.2) is 9.69 Å². The van der Waals surface area contributed by atoms with Gasteiger partial charge in [0.1, 0.15) is 5.54 Å². The van der Waals surface area contributed by atoms with E-state index in [9.17, 15) is 9.59 Å². The Morgan fingerprint density at radius 1 is 1.30 bits per heavy atom. The van der Waals surface area contributed by atoms with E-state index >= 15 is 0 Å². The second-order valence-electron chi connectivity index (χ2n) is 6.15. The fourth-order valence-electron chi connectivity index (χ4n) is 3.57. The van der Waals surface area contributed by atoms with Crippen LogP contribution < -0.4 is 5.32 Å². The van der Waals surface area contributed by atoms with Gasteiger partial charge >= 0.3 is 6.03 Å². The van der Waals surface area contributed by atoms with Gasteiger partial charge in [-0.3, -0.25) is 9.69 Å². The maximum Gasteiger partial charge on any atom is 0.326 e. The molecule has 3 aliphatic rings. The van der Waals surface area contributed by atoms with Crippen LogP contribution in [-0.2, 0) is 9.53 Å². The highest BCUT2D eigenvalue weighted by Crippen LogP contribution is 2.38. The highest BCUT2D eigenvalue weighted by atomic mass is 16.5. The van der Waals surface area contributed by atoms with Crippen LogP contribution in [-0.4, -0.2) is 60.2 Å². The van der Waals surface area contributed by atoms with Crippen LogP contribution in [0.25, 0.3) is 0 Å². The van der Waals surface area contributed by atoms with E-state index in [-0.39, 0.29) is 17.9 Å². The van der Waals surface area contributed by atoms with Gasteiger partial charge in [0.25, 0.3) is 5.91 Å². The van der Waals surface area contributed by atoms with Crippen molar-refractivity contribution in [2.45, 2.75) is 38.1 Å². The maximum absolute atomic E-state index is 12.8. The summed E-state index contributed by atoms with van der Waals surface area (Å²) in [5, 5.41) is 2.99. The zero-order valence-corrected chi connectivity index (χ0v) is 12.1. The highest BCUT2D eigenvalue weighted by molar-refractivity contribution is 6.07. The number of urea groups is 1. The van der Waals surface area contributed by atoms with Gasteiger partial charge in [0.15, 0.2) is 0 Å². The van der Waals surface area contributed by atoms with Crippen molar-refractivity contribution < 1.29 is 14.3 Å². The normalized spacial score (nSPS) is 35.6. The van der Waals surface area contributed by atoms with E-state index in [4.69, 9.17) is 4.74 Å². The molecule has 3 fully saturated rings. The Bertz CT molecular complexity index is 408. The molecule has 2 aliphatic heterocycles. The fraction of sp³-hybridized carbons (Fsp3) is 0.857.